The van der Waals surface area contributed by atoms with Crippen LogP contribution in [0.2, 0.25) is 0 Å². The summed E-state index contributed by atoms with van der Waals surface area (Å²) in [6, 6.07) is 0. The third-order valence-corrected chi connectivity index (χ3v) is 0.547. The lowest BCUT2D eigenvalue weighted by Crippen LogP contribution is -1.85. The Balaban J connectivity index is 2.34. The van der Waals surface area contributed by atoms with Crippen LogP contribution in [0, 0.1) is 0 Å². The second-order valence-electron chi connectivity index (χ2n) is 1.08. The normalized spacial score (nSPS) is 9.00. The molecule has 0 aromatic rings. The Hall–Kier alpha value is -0.0800. The zero-order valence-electron chi connectivity index (χ0n) is 4.31. The van der Waals surface area contributed by atoms with Crippen LogP contribution in [-0.2, 0) is 0 Å². The third-order valence-electron chi connectivity index (χ3n) is 0.547. The average Bonchev–Trinajstić information content (AvgIpc) is 1.61. The van der Waals surface area contributed by atoms with Gasteiger partial charge >= 0.3 is 0 Å². The Labute approximate surface area is 38.9 Å². The topological polar surface area (TPSA) is 28.2 Å². The molecule has 0 N–H and O–H groups in total. The fraction of sp³-hybridized carbons (Fsp3) is 1.00. The zero-order chi connectivity index (χ0) is 4.83. The molecule has 2 heteroatoms. The molecule has 38 valence electrons. The zero-order valence-corrected chi connectivity index (χ0v) is 4.31. The van der Waals surface area contributed by atoms with E-state index < -0.39 is 0 Å². The quantitative estimate of drug-likeness (QED) is 0.458. The predicted octanol–water partition coefficient (Wildman–Crippen LogP) is 0.993. The highest BCUT2D eigenvalue weighted by atomic mass is 14.9. The van der Waals surface area contributed by atoms with Crippen LogP contribution < -0.4 is 0 Å². The van der Waals surface area contributed by atoms with Crippen molar-refractivity contribution in [3.8, 4) is 0 Å². The summed E-state index contributed by atoms with van der Waals surface area (Å²) in [5.41, 5.74) is 0. The van der Waals surface area contributed by atoms with Crippen molar-refractivity contribution in [3.63, 3.8) is 0 Å². The summed E-state index contributed by atoms with van der Waals surface area (Å²) in [5.74, 6) is 0. The summed E-state index contributed by atoms with van der Waals surface area (Å²) in [4.78, 5) is 0. The molecule has 2 nitrogen and oxygen atoms in total. The van der Waals surface area contributed by atoms with Crippen molar-refractivity contribution < 1.29 is 0 Å². The van der Waals surface area contributed by atoms with Gasteiger partial charge in [-0.25, -0.2) is 0 Å². The Kier molecular flexibility index (Phi) is 4.85. The molecule has 0 saturated carbocycles. The molecule has 0 aliphatic rings. The van der Waals surface area contributed by atoms with Gasteiger partial charge in [-0.2, -0.15) is 27.2 Å². The first-order valence-electron chi connectivity index (χ1n) is 2.03. The lowest BCUT2D eigenvalue weighted by atomic mass is 10.6. The number of likely N-dealkylation sites (N-methyl/N-ethyl adjacent to an activating group) is 2. The summed E-state index contributed by atoms with van der Waals surface area (Å²) in [6.07, 6.45) is 0. The average molecular weight is 86.1 g/mol. The molecule has 0 aliphatic carbocycles. The van der Waals surface area contributed by atoms with Crippen molar-refractivity contribution in [1.29, 1.82) is 0 Å². The predicted molar refractivity (Wildman–Crippen MR) is 28.3 cm³/mol. The number of hydrogen-bond acceptors (Lipinski definition) is 0. The summed E-state index contributed by atoms with van der Waals surface area (Å²) in [6.45, 7) is 1.74. The summed E-state index contributed by atoms with van der Waals surface area (Å²) < 4.78 is 0. The SMILES string of the molecule is C[N-]CC[N-]C. The largest absolute Gasteiger partial charge is 0.666 e. The van der Waals surface area contributed by atoms with Crippen LogP contribution in [0.15, 0.2) is 0 Å². The molecule has 0 spiro atoms. The molecule has 0 aromatic heterocycles. The van der Waals surface area contributed by atoms with Gasteiger partial charge in [0.2, 0.25) is 0 Å². The summed E-state index contributed by atoms with van der Waals surface area (Å²) in [7, 11) is 3.59. The molecule has 0 amide bonds. The molecule has 6 heavy (non-hydrogen) atoms. The van der Waals surface area contributed by atoms with Gasteiger partial charge in [-0.15, -0.1) is 0 Å². The number of hydrogen-bond donors (Lipinski definition) is 0. The fourth-order valence-electron chi connectivity index (χ4n) is 0.200. The van der Waals surface area contributed by atoms with Gasteiger partial charge in [0, 0.05) is 0 Å². The van der Waals surface area contributed by atoms with E-state index in [2.05, 4.69) is 10.6 Å². The fourth-order valence-corrected chi connectivity index (χ4v) is 0.200. The van der Waals surface area contributed by atoms with Crippen LogP contribution in [0.5, 0.6) is 0 Å². The molecule has 0 unspecified atom stereocenters. The number of rotatable bonds is 3. The molecular weight excluding hydrogens is 76.1 g/mol. The minimum Gasteiger partial charge on any atom is -0.666 e. The molecule has 0 saturated heterocycles. The van der Waals surface area contributed by atoms with Crippen molar-refractivity contribution in [1.82, 2.24) is 0 Å². The first kappa shape index (κ1) is 5.92. The van der Waals surface area contributed by atoms with Crippen molar-refractivity contribution in [2.24, 2.45) is 0 Å². The van der Waals surface area contributed by atoms with Gasteiger partial charge in [0.25, 0.3) is 0 Å². The highest BCUT2D eigenvalue weighted by Crippen LogP contribution is 1.80. The van der Waals surface area contributed by atoms with E-state index in [-0.39, 0.29) is 0 Å². The van der Waals surface area contributed by atoms with Crippen LogP contribution in [0.4, 0.5) is 0 Å². The van der Waals surface area contributed by atoms with Crippen molar-refractivity contribution >= 4 is 0 Å². The van der Waals surface area contributed by atoms with Gasteiger partial charge in [-0.3, -0.25) is 0 Å². The van der Waals surface area contributed by atoms with E-state index in [4.69, 9.17) is 0 Å². The van der Waals surface area contributed by atoms with Crippen LogP contribution >= 0.6 is 0 Å². The maximum atomic E-state index is 3.83. The summed E-state index contributed by atoms with van der Waals surface area (Å²) >= 11 is 0. The molecule has 0 fully saturated rings. The van der Waals surface area contributed by atoms with Crippen molar-refractivity contribution in [3.05, 3.63) is 10.6 Å². The van der Waals surface area contributed by atoms with Crippen LogP contribution in [0.25, 0.3) is 10.6 Å². The highest BCUT2D eigenvalue weighted by Gasteiger charge is 1.48. The van der Waals surface area contributed by atoms with Gasteiger partial charge in [0.1, 0.15) is 0 Å². The van der Waals surface area contributed by atoms with Crippen LogP contribution in [0.1, 0.15) is 0 Å². The monoisotopic (exact) mass is 86.1 g/mol. The van der Waals surface area contributed by atoms with Gasteiger partial charge < -0.3 is 10.6 Å². The first-order chi connectivity index (χ1) is 2.91. The van der Waals surface area contributed by atoms with Crippen molar-refractivity contribution in [2.45, 2.75) is 0 Å². The minimum absolute atomic E-state index is 0.872. The Morgan fingerprint density at radius 3 is 1.50 bits per heavy atom. The van der Waals surface area contributed by atoms with Gasteiger partial charge in [0.05, 0.1) is 0 Å². The van der Waals surface area contributed by atoms with Gasteiger partial charge in [-0.1, -0.05) is 0 Å². The number of nitrogens with zero attached hydrogens (tertiary/aromatic N) is 2. The van der Waals surface area contributed by atoms with Crippen LogP contribution in [0.3, 0.4) is 0 Å². The molecule has 0 aliphatic heterocycles. The molecule has 0 aromatic carbocycles. The van der Waals surface area contributed by atoms with E-state index in [1.165, 1.54) is 0 Å². The van der Waals surface area contributed by atoms with E-state index in [1.807, 2.05) is 0 Å². The van der Waals surface area contributed by atoms with E-state index in [9.17, 15) is 0 Å². The molecule has 0 bridgehead atoms. The molecule has 0 radical (unpaired) electrons. The summed E-state index contributed by atoms with van der Waals surface area (Å²) in [5, 5.41) is 7.66. The second kappa shape index (κ2) is 4.92. The van der Waals surface area contributed by atoms with Crippen molar-refractivity contribution in [2.75, 3.05) is 27.2 Å². The molecular formula is C4H10N2-2. The second-order valence-corrected chi connectivity index (χ2v) is 1.08. The van der Waals surface area contributed by atoms with Gasteiger partial charge in [0.15, 0.2) is 0 Å². The Morgan fingerprint density at radius 2 is 1.33 bits per heavy atom. The third kappa shape index (κ3) is 3.92. The highest BCUT2D eigenvalue weighted by molar-refractivity contribution is 4.80. The van der Waals surface area contributed by atoms with E-state index in [0.717, 1.165) is 13.1 Å². The van der Waals surface area contributed by atoms with E-state index in [1.54, 1.807) is 14.1 Å². The molecule has 0 rings (SSSR count). The Bertz CT molecular complexity index is 17.5. The minimum atomic E-state index is 0.872. The standard InChI is InChI=1S/C4H10N2/c1-5-3-4-6-2/h3-4H2,1-2H3/q-2. The van der Waals surface area contributed by atoms with Crippen LogP contribution in [-0.4, -0.2) is 27.2 Å². The molecule has 0 atom stereocenters. The maximum absolute atomic E-state index is 3.83. The Morgan fingerprint density at radius 1 is 1.00 bits per heavy atom. The first-order valence-corrected chi connectivity index (χ1v) is 2.03. The maximum Gasteiger partial charge on any atom is -0.162 e. The lowest BCUT2D eigenvalue weighted by molar-refractivity contribution is 1.13. The van der Waals surface area contributed by atoms with Gasteiger partial charge in [-0.05, 0) is 0 Å². The smallest absolute Gasteiger partial charge is 0.162 e. The lowest BCUT2D eigenvalue weighted by Gasteiger charge is -2.17. The van der Waals surface area contributed by atoms with E-state index >= 15 is 0 Å². The van der Waals surface area contributed by atoms with E-state index in [0.29, 0.717) is 0 Å². The molecule has 0 heterocycles.